The highest BCUT2D eigenvalue weighted by molar-refractivity contribution is 7.90. The molecule has 1 aliphatic carbocycles. The highest BCUT2D eigenvalue weighted by Crippen LogP contribution is 2.29. The van der Waals surface area contributed by atoms with Crippen LogP contribution in [0.2, 0.25) is 0 Å². The molecule has 1 saturated carbocycles. The van der Waals surface area contributed by atoms with E-state index in [1.807, 2.05) is 0 Å². The molecule has 5 nitrogen and oxygen atoms in total. The molecule has 0 spiro atoms. The van der Waals surface area contributed by atoms with Crippen LogP contribution in [0.25, 0.3) is 0 Å². The maximum absolute atomic E-state index is 11.4. The van der Waals surface area contributed by atoms with E-state index in [0.29, 0.717) is 0 Å². The van der Waals surface area contributed by atoms with Crippen LogP contribution >= 0.6 is 0 Å². The maximum Gasteiger partial charge on any atom is 0.314 e. The summed E-state index contributed by atoms with van der Waals surface area (Å²) in [6, 6.07) is -0.300. The Bertz CT molecular complexity index is 345. The Kier molecular flexibility index (Phi) is 4.18. The molecule has 2 amide bonds. The first-order valence-electron chi connectivity index (χ1n) is 5.55. The SMILES string of the molecule is CNC(=O)NC1(CS(C)(=O)=O)CCCCC1. The van der Waals surface area contributed by atoms with Gasteiger partial charge >= 0.3 is 6.03 Å². The van der Waals surface area contributed by atoms with E-state index in [4.69, 9.17) is 0 Å². The third-order valence-corrected chi connectivity index (χ3v) is 4.03. The fourth-order valence-electron chi connectivity index (χ4n) is 2.34. The van der Waals surface area contributed by atoms with Gasteiger partial charge in [-0.3, -0.25) is 0 Å². The molecule has 0 atom stereocenters. The number of carbonyl (C=O) groups is 1. The van der Waals surface area contributed by atoms with Crippen molar-refractivity contribution in [1.29, 1.82) is 0 Å². The van der Waals surface area contributed by atoms with E-state index >= 15 is 0 Å². The van der Waals surface area contributed by atoms with Crippen LogP contribution in [0.3, 0.4) is 0 Å². The van der Waals surface area contributed by atoms with Gasteiger partial charge in [-0.05, 0) is 12.8 Å². The minimum absolute atomic E-state index is 0.0351. The van der Waals surface area contributed by atoms with Crippen molar-refractivity contribution in [3.05, 3.63) is 0 Å². The second-order valence-corrected chi connectivity index (χ2v) is 6.76. The summed E-state index contributed by atoms with van der Waals surface area (Å²) in [5.74, 6) is 0.0351. The Morgan fingerprint density at radius 2 is 1.81 bits per heavy atom. The second-order valence-electron chi connectivity index (χ2n) is 4.62. The quantitative estimate of drug-likeness (QED) is 0.770. The fourth-order valence-corrected chi connectivity index (χ4v) is 3.70. The molecule has 0 aromatic carbocycles. The number of hydrogen-bond acceptors (Lipinski definition) is 3. The predicted octanol–water partition coefficient (Wildman–Crippen LogP) is 0.663. The summed E-state index contributed by atoms with van der Waals surface area (Å²) in [5, 5.41) is 5.29. The summed E-state index contributed by atoms with van der Waals surface area (Å²) in [6.07, 6.45) is 5.76. The zero-order chi connectivity index (χ0) is 12.2. The summed E-state index contributed by atoms with van der Waals surface area (Å²) in [7, 11) is -1.54. The van der Waals surface area contributed by atoms with E-state index < -0.39 is 15.4 Å². The van der Waals surface area contributed by atoms with Crippen molar-refractivity contribution in [3.8, 4) is 0 Å². The van der Waals surface area contributed by atoms with Gasteiger partial charge in [0.1, 0.15) is 9.84 Å². The highest BCUT2D eigenvalue weighted by atomic mass is 32.2. The fraction of sp³-hybridized carbons (Fsp3) is 0.900. The Hall–Kier alpha value is -0.780. The Balaban J connectivity index is 2.79. The van der Waals surface area contributed by atoms with Gasteiger partial charge in [0, 0.05) is 13.3 Å². The van der Waals surface area contributed by atoms with Crippen molar-refractivity contribution in [3.63, 3.8) is 0 Å². The largest absolute Gasteiger partial charge is 0.341 e. The first-order valence-corrected chi connectivity index (χ1v) is 7.61. The van der Waals surface area contributed by atoms with Gasteiger partial charge in [-0.1, -0.05) is 19.3 Å². The van der Waals surface area contributed by atoms with Crippen molar-refractivity contribution in [2.45, 2.75) is 37.6 Å². The summed E-state index contributed by atoms with van der Waals surface area (Å²) < 4.78 is 22.8. The molecule has 0 aliphatic heterocycles. The van der Waals surface area contributed by atoms with Crippen LogP contribution < -0.4 is 10.6 Å². The number of hydrogen-bond donors (Lipinski definition) is 2. The number of urea groups is 1. The van der Waals surface area contributed by atoms with Crippen LogP contribution in [-0.4, -0.2) is 39.0 Å². The molecule has 1 fully saturated rings. The molecule has 2 N–H and O–H groups in total. The van der Waals surface area contributed by atoms with Gasteiger partial charge < -0.3 is 10.6 Å². The second kappa shape index (κ2) is 5.03. The molecule has 0 unspecified atom stereocenters. The Morgan fingerprint density at radius 3 is 2.25 bits per heavy atom. The van der Waals surface area contributed by atoms with E-state index in [0.717, 1.165) is 32.1 Å². The van der Waals surface area contributed by atoms with Crippen molar-refractivity contribution >= 4 is 15.9 Å². The van der Waals surface area contributed by atoms with Gasteiger partial charge in [-0.15, -0.1) is 0 Å². The Morgan fingerprint density at radius 1 is 1.25 bits per heavy atom. The minimum Gasteiger partial charge on any atom is -0.341 e. The molecule has 0 saturated heterocycles. The van der Waals surface area contributed by atoms with E-state index in [2.05, 4.69) is 10.6 Å². The smallest absolute Gasteiger partial charge is 0.314 e. The average Bonchev–Trinajstić information content (AvgIpc) is 2.15. The van der Waals surface area contributed by atoms with Crippen LogP contribution in [0.4, 0.5) is 4.79 Å². The predicted molar refractivity (Wildman–Crippen MR) is 63.1 cm³/mol. The zero-order valence-electron chi connectivity index (χ0n) is 9.88. The molecule has 0 aromatic heterocycles. The zero-order valence-corrected chi connectivity index (χ0v) is 10.7. The first kappa shape index (κ1) is 13.3. The summed E-state index contributed by atoms with van der Waals surface area (Å²) in [6.45, 7) is 0. The summed E-state index contributed by atoms with van der Waals surface area (Å²) in [5.41, 5.74) is -0.564. The number of nitrogens with one attached hydrogen (secondary N) is 2. The first-order chi connectivity index (χ1) is 7.37. The number of amides is 2. The highest BCUT2D eigenvalue weighted by Gasteiger charge is 2.36. The number of sulfone groups is 1. The molecule has 0 radical (unpaired) electrons. The molecule has 0 aromatic rings. The molecule has 16 heavy (non-hydrogen) atoms. The van der Waals surface area contributed by atoms with Crippen LogP contribution in [0, 0.1) is 0 Å². The lowest BCUT2D eigenvalue weighted by Crippen LogP contribution is -2.56. The summed E-state index contributed by atoms with van der Waals surface area (Å²) in [4.78, 5) is 11.4. The third-order valence-electron chi connectivity index (χ3n) is 2.95. The standard InChI is InChI=1S/C10H20N2O3S/c1-11-9(13)12-10(8-16(2,14)15)6-4-3-5-7-10/h3-8H2,1-2H3,(H2,11,12,13). The van der Waals surface area contributed by atoms with Gasteiger partial charge in [0.2, 0.25) is 0 Å². The topological polar surface area (TPSA) is 75.3 Å². The van der Waals surface area contributed by atoms with E-state index in [1.54, 1.807) is 0 Å². The van der Waals surface area contributed by atoms with Crippen molar-refractivity contribution < 1.29 is 13.2 Å². The molecule has 1 aliphatic rings. The number of rotatable bonds is 3. The molecule has 94 valence electrons. The van der Waals surface area contributed by atoms with E-state index in [1.165, 1.54) is 13.3 Å². The van der Waals surface area contributed by atoms with Gasteiger partial charge in [0.05, 0.1) is 11.3 Å². The minimum atomic E-state index is -3.08. The van der Waals surface area contributed by atoms with E-state index in [9.17, 15) is 13.2 Å². The third kappa shape index (κ3) is 4.00. The van der Waals surface area contributed by atoms with Gasteiger partial charge in [0.25, 0.3) is 0 Å². The van der Waals surface area contributed by atoms with Crippen LogP contribution in [0.1, 0.15) is 32.1 Å². The monoisotopic (exact) mass is 248 g/mol. The molecule has 0 bridgehead atoms. The lowest BCUT2D eigenvalue weighted by Gasteiger charge is -2.37. The van der Waals surface area contributed by atoms with Gasteiger partial charge in [-0.25, -0.2) is 13.2 Å². The molecule has 0 heterocycles. The lowest BCUT2D eigenvalue weighted by atomic mass is 9.83. The van der Waals surface area contributed by atoms with Crippen molar-refractivity contribution in [1.82, 2.24) is 10.6 Å². The van der Waals surface area contributed by atoms with Crippen LogP contribution in [0.15, 0.2) is 0 Å². The van der Waals surface area contributed by atoms with Crippen LogP contribution in [0.5, 0.6) is 0 Å². The molecule has 1 rings (SSSR count). The van der Waals surface area contributed by atoms with Crippen molar-refractivity contribution in [2.75, 3.05) is 19.1 Å². The normalized spacial score (nSPS) is 20.1. The molecule has 6 heteroatoms. The lowest BCUT2D eigenvalue weighted by molar-refractivity contribution is 0.214. The summed E-state index contributed by atoms with van der Waals surface area (Å²) >= 11 is 0. The van der Waals surface area contributed by atoms with Crippen molar-refractivity contribution in [2.24, 2.45) is 0 Å². The van der Waals surface area contributed by atoms with Gasteiger partial charge in [-0.2, -0.15) is 0 Å². The number of carbonyl (C=O) groups excluding carboxylic acids is 1. The van der Waals surface area contributed by atoms with Crippen LogP contribution in [-0.2, 0) is 9.84 Å². The van der Waals surface area contributed by atoms with E-state index in [-0.39, 0.29) is 11.8 Å². The average molecular weight is 248 g/mol. The van der Waals surface area contributed by atoms with Gasteiger partial charge in [0.15, 0.2) is 0 Å². The molecular weight excluding hydrogens is 228 g/mol. The Labute approximate surface area is 96.9 Å². The maximum atomic E-state index is 11.4. The molecular formula is C10H20N2O3S.